The lowest BCUT2D eigenvalue weighted by Gasteiger charge is -2.38. The van der Waals surface area contributed by atoms with Crippen LogP contribution in [0.3, 0.4) is 0 Å². The standard InChI is InChI=1S/C27H44O/c1-3-5-6-7-22-10-16-25(17-11-22)26-18-12-23(13-19-26)8-9-24-14-20-27(21-15-24)28-4-2/h14-15,20-23,25-26H,3-13,16-19H2,1-2H3. The fraction of sp³-hybridized carbons (Fsp3) is 0.778. The van der Waals surface area contributed by atoms with Crippen LogP contribution in [0.2, 0.25) is 0 Å². The van der Waals surface area contributed by atoms with Gasteiger partial charge in [0, 0.05) is 0 Å². The summed E-state index contributed by atoms with van der Waals surface area (Å²) in [4.78, 5) is 0. The Morgan fingerprint density at radius 2 is 1.29 bits per heavy atom. The molecule has 0 bridgehead atoms. The summed E-state index contributed by atoms with van der Waals surface area (Å²) in [6.07, 6.45) is 20.6. The fourth-order valence-corrected chi connectivity index (χ4v) is 5.87. The van der Waals surface area contributed by atoms with Crippen molar-refractivity contribution >= 4 is 0 Å². The molecule has 1 aromatic carbocycles. The molecule has 3 rings (SSSR count). The van der Waals surface area contributed by atoms with E-state index >= 15 is 0 Å². The first-order valence-electron chi connectivity index (χ1n) is 12.5. The summed E-state index contributed by atoms with van der Waals surface area (Å²) in [5.41, 5.74) is 1.48. The molecule has 2 fully saturated rings. The molecular weight excluding hydrogens is 340 g/mol. The summed E-state index contributed by atoms with van der Waals surface area (Å²) in [7, 11) is 0. The van der Waals surface area contributed by atoms with Gasteiger partial charge in [-0.2, -0.15) is 0 Å². The Morgan fingerprint density at radius 3 is 1.82 bits per heavy atom. The van der Waals surface area contributed by atoms with Gasteiger partial charge in [0.2, 0.25) is 0 Å². The summed E-state index contributed by atoms with van der Waals surface area (Å²) >= 11 is 0. The number of hydrogen-bond acceptors (Lipinski definition) is 1. The van der Waals surface area contributed by atoms with E-state index in [9.17, 15) is 0 Å². The molecule has 2 saturated carbocycles. The van der Waals surface area contributed by atoms with Crippen LogP contribution >= 0.6 is 0 Å². The van der Waals surface area contributed by atoms with Gasteiger partial charge in [0.25, 0.3) is 0 Å². The van der Waals surface area contributed by atoms with Crippen molar-refractivity contribution in [3.63, 3.8) is 0 Å². The van der Waals surface area contributed by atoms with Crippen molar-refractivity contribution in [1.82, 2.24) is 0 Å². The average Bonchev–Trinajstić information content (AvgIpc) is 2.75. The van der Waals surface area contributed by atoms with Gasteiger partial charge in [0.1, 0.15) is 5.75 Å². The van der Waals surface area contributed by atoms with Gasteiger partial charge in [-0.05, 0) is 86.8 Å². The predicted octanol–water partition coefficient (Wildman–Crippen LogP) is 8.21. The average molecular weight is 385 g/mol. The highest BCUT2D eigenvalue weighted by atomic mass is 16.5. The monoisotopic (exact) mass is 384 g/mol. The zero-order chi connectivity index (χ0) is 19.6. The minimum Gasteiger partial charge on any atom is -0.494 e. The van der Waals surface area contributed by atoms with E-state index in [0.29, 0.717) is 0 Å². The zero-order valence-corrected chi connectivity index (χ0v) is 18.6. The molecule has 2 aliphatic carbocycles. The van der Waals surface area contributed by atoms with E-state index in [1.165, 1.54) is 95.5 Å². The van der Waals surface area contributed by atoms with E-state index in [0.717, 1.165) is 36.0 Å². The lowest BCUT2D eigenvalue weighted by Crippen LogP contribution is -2.26. The van der Waals surface area contributed by atoms with Crippen LogP contribution in [0.15, 0.2) is 24.3 Å². The highest BCUT2D eigenvalue weighted by molar-refractivity contribution is 5.27. The van der Waals surface area contributed by atoms with Crippen molar-refractivity contribution in [3.8, 4) is 5.75 Å². The molecule has 0 N–H and O–H groups in total. The van der Waals surface area contributed by atoms with Crippen LogP contribution in [0.4, 0.5) is 0 Å². The molecule has 0 amide bonds. The number of aryl methyl sites for hydroxylation is 1. The molecule has 0 spiro atoms. The number of hydrogen-bond donors (Lipinski definition) is 0. The molecule has 0 saturated heterocycles. The zero-order valence-electron chi connectivity index (χ0n) is 18.6. The lowest BCUT2D eigenvalue weighted by atomic mass is 9.68. The Morgan fingerprint density at radius 1 is 0.714 bits per heavy atom. The van der Waals surface area contributed by atoms with E-state index in [1.807, 2.05) is 6.92 Å². The Hall–Kier alpha value is -0.980. The number of rotatable bonds is 10. The lowest BCUT2D eigenvalue weighted by molar-refractivity contribution is 0.140. The predicted molar refractivity (Wildman–Crippen MR) is 121 cm³/mol. The molecule has 0 radical (unpaired) electrons. The topological polar surface area (TPSA) is 9.23 Å². The van der Waals surface area contributed by atoms with E-state index in [4.69, 9.17) is 4.74 Å². The molecule has 1 heteroatoms. The van der Waals surface area contributed by atoms with Crippen LogP contribution in [-0.2, 0) is 6.42 Å². The first-order chi connectivity index (χ1) is 13.8. The second kappa shape index (κ2) is 11.9. The van der Waals surface area contributed by atoms with Gasteiger partial charge in [-0.3, -0.25) is 0 Å². The second-order valence-corrected chi connectivity index (χ2v) is 9.67. The van der Waals surface area contributed by atoms with E-state index in [-0.39, 0.29) is 0 Å². The van der Waals surface area contributed by atoms with Crippen molar-refractivity contribution in [2.75, 3.05) is 6.61 Å². The number of benzene rings is 1. The van der Waals surface area contributed by atoms with Crippen molar-refractivity contribution in [3.05, 3.63) is 29.8 Å². The van der Waals surface area contributed by atoms with Crippen LogP contribution in [0, 0.1) is 23.7 Å². The highest BCUT2D eigenvalue weighted by Crippen LogP contribution is 2.43. The molecule has 1 aromatic rings. The third kappa shape index (κ3) is 6.82. The van der Waals surface area contributed by atoms with Crippen LogP contribution in [0.5, 0.6) is 5.75 Å². The molecule has 1 nitrogen and oxygen atoms in total. The van der Waals surface area contributed by atoms with Crippen LogP contribution < -0.4 is 4.74 Å². The third-order valence-electron chi connectivity index (χ3n) is 7.74. The highest BCUT2D eigenvalue weighted by Gasteiger charge is 2.30. The summed E-state index contributed by atoms with van der Waals surface area (Å²) < 4.78 is 5.56. The van der Waals surface area contributed by atoms with E-state index in [2.05, 4.69) is 31.2 Å². The first kappa shape index (κ1) is 21.7. The normalized spacial score (nSPS) is 28.2. The first-order valence-corrected chi connectivity index (χ1v) is 12.5. The van der Waals surface area contributed by atoms with Gasteiger partial charge in [-0.25, -0.2) is 0 Å². The maximum Gasteiger partial charge on any atom is 0.119 e. The molecule has 0 aromatic heterocycles. The Kier molecular flexibility index (Phi) is 9.22. The Balaban J connectivity index is 1.31. The maximum atomic E-state index is 5.56. The van der Waals surface area contributed by atoms with E-state index in [1.54, 1.807) is 0 Å². The fourth-order valence-electron chi connectivity index (χ4n) is 5.87. The number of ether oxygens (including phenoxy) is 1. The molecule has 0 heterocycles. The van der Waals surface area contributed by atoms with Crippen molar-refractivity contribution in [2.24, 2.45) is 23.7 Å². The van der Waals surface area contributed by atoms with Gasteiger partial charge in [0.15, 0.2) is 0 Å². The molecule has 2 aliphatic rings. The summed E-state index contributed by atoms with van der Waals surface area (Å²) in [5, 5.41) is 0. The summed E-state index contributed by atoms with van der Waals surface area (Å²) in [6.45, 7) is 5.12. The van der Waals surface area contributed by atoms with Crippen LogP contribution in [0.25, 0.3) is 0 Å². The van der Waals surface area contributed by atoms with Crippen molar-refractivity contribution < 1.29 is 4.74 Å². The minimum atomic E-state index is 0.753. The molecule has 158 valence electrons. The van der Waals surface area contributed by atoms with Gasteiger partial charge >= 0.3 is 0 Å². The molecule has 0 unspecified atom stereocenters. The maximum absolute atomic E-state index is 5.56. The van der Waals surface area contributed by atoms with Crippen LogP contribution in [-0.4, -0.2) is 6.61 Å². The smallest absolute Gasteiger partial charge is 0.119 e. The molecular formula is C27H44O. The largest absolute Gasteiger partial charge is 0.494 e. The van der Waals surface area contributed by atoms with Gasteiger partial charge < -0.3 is 4.74 Å². The summed E-state index contributed by atoms with van der Waals surface area (Å²) in [5.74, 6) is 5.15. The van der Waals surface area contributed by atoms with Gasteiger partial charge in [0.05, 0.1) is 6.61 Å². The van der Waals surface area contributed by atoms with Crippen molar-refractivity contribution in [1.29, 1.82) is 0 Å². The van der Waals surface area contributed by atoms with Crippen molar-refractivity contribution in [2.45, 2.75) is 104 Å². The van der Waals surface area contributed by atoms with E-state index < -0.39 is 0 Å². The second-order valence-electron chi connectivity index (χ2n) is 9.67. The molecule has 28 heavy (non-hydrogen) atoms. The molecule has 0 atom stereocenters. The summed E-state index contributed by atoms with van der Waals surface area (Å²) in [6, 6.07) is 8.79. The van der Waals surface area contributed by atoms with Gasteiger partial charge in [-0.15, -0.1) is 0 Å². The molecule has 0 aliphatic heterocycles. The third-order valence-corrected chi connectivity index (χ3v) is 7.74. The Labute approximate surface area is 174 Å². The SMILES string of the molecule is CCCCCC1CCC(C2CCC(CCc3ccc(OCC)cc3)CC2)CC1. The number of unbranched alkanes of at least 4 members (excludes halogenated alkanes) is 2. The minimum absolute atomic E-state index is 0.753. The Bertz CT molecular complexity index is 518. The quantitative estimate of drug-likeness (QED) is 0.369. The van der Waals surface area contributed by atoms with Gasteiger partial charge in [-0.1, -0.05) is 70.4 Å². The van der Waals surface area contributed by atoms with Crippen LogP contribution in [0.1, 0.15) is 103 Å².